The predicted molar refractivity (Wildman–Crippen MR) is 72.6 cm³/mol. The van der Waals surface area contributed by atoms with E-state index >= 15 is 0 Å². The molecule has 4 heteroatoms. The van der Waals surface area contributed by atoms with Crippen LogP contribution in [0.3, 0.4) is 0 Å². The molecule has 20 heavy (non-hydrogen) atoms. The van der Waals surface area contributed by atoms with Crippen molar-refractivity contribution in [3.05, 3.63) is 65.2 Å². The largest absolute Gasteiger partial charge is 0.493 e. The number of hydrogen-bond acceptors (Lipinski definition) is 2. The Hall–Kier alpha value is -1.94. The van der Waals surface area contributed by atoms with Crippen LogP contribution in [0.25, 0.3) is 0 Å². The van der Waals surface area contributed by atoms with E-state index < -0.39 is 17.7 Å². The van der Waals surface area contributed by atoms with Gasteiger partial charge in [0.15, 0.2) is 0 Å². The predicted octanol–water partition coefficient (Wildman–Crippen LogP) is 3.78. The lowest BCUT2D eigenvalue weighted by molar-refractivity contribution is 0.133. The fraction of sp³-hybridized carbons (Fsp3) is 0.250. The first-order valence-electron chi connectivity index (χ1n) is 6.40. The van der Waals surface area contributed by atoms with Gasteiger partial charge < -0.3 is 9.84 Å². The molecule has 2 aromatic carbocycles. The molecular formula is C16H16F2O2. The van der Waals surface area contributed by atoms with Crippen LogP contribution >= 0.6 is 0 Å². The number of para-hydroxylation sites is 1. The lowest BCUT2D eigenvalue weighted by Crippen LogP contribution is -2.10. The topological polar surface area (TPSA) is 29.5 Å². The van der Waals surface area contributed by atoms with Crippen molar-refractivity contribution < 1.29 is 18.6 Å². The van der Waals surface area contributed by atoms with Crippen LogP contribution in [0.1, 0.15) is 23.7 Å². The van der Waals surface area contributed by atoms with E-state index in [1.807, 2.05) is 18.2 Å². The second kappa shape index (κ2) is 6.48. The summed E-state index contributed by atoms with van der Waals surface area (Å²) in [6.07, 6.45) is -1.11. The molecule has 1 unspecified atom stereocenters. The maximum atomic E-state index is 13.8. The molecule has 106 valence electrons. The quantitative estimate of drug-likeness (QED) is 0.902. The van der Waals surface area contributed by atoms with Crippen LogP contribution in [0, 0.1) is 18.6 Å². The first-order chi connectivity index (χ1) is 9.59. The van der Waals surface area contributed by atoms with Crippen molar-refractivity contribution in [2.45, 2.75) is 19.4 Å². The minimum atomic E-state index is -1.22. The van der Waals surface area contributed by atoms with Crippen LogP contribution < -0.4 is 4.74 Å². The average molecular weight is 278 g/mol. The summed E-state index contributed by atoms with van der Waals surface area (Å²) in [6, 6.07) is 11.6. The monoisotopic (exact) mass is 278 g/mol. The zero-order valence-corrected chi connectivity index (χ0v) is 11.1. The lowest BCUT2D eigenvalue weighted by atomic mass is 10.0. The van der Waals surface area contributed by atoms with Crippen molar-refractivity contribution >= 4 is 0 Å². The number of aliphatic hydroxyl groups excluding tert-OH is 1. The van der Waals surface area contributed by atoms with Crippen molar-refractivity contribution in [1.29, 1.82) is 0 Å². The van der Waals surface area contributed by atoms with Crippen LogP contribution in [0.15, 0.2) is 42.5 Å². The summed E-state index contributed by atoms with van der Waals surface area (Å²) in [5.41, 5.74) is 0.0195. The fourth-order valence-corrected chi connectivity index (χ4v) is 1.93. The van der Waals surface area contributed by atoms with Crippen molar-refractivity contribution in [2.24, 2.45) is 0 Å². The first kappa shape index (κ1) is 14.5. The standard InChI is InChI=1S/C16H16F2O2/c1-11-7-8-13(17)15(16(11)18)14(19)9-10-20-12-5-3-2-4-6-12/h2-8,14,19H,9-10H2,1H3. The second-order valence-corrected chi connectivity index (χ2v) is 4.56. The Morgan fingerprint density at radius 1 is 1.10 bits per heavy atom. The van der Waals surface area contributed by atoms with Gasteiger partial charge in [-0.3, -0.25) is 0 Å². The third-order valence-corrected chi connectivity index (χ3v) is 3.06. The number of aryl methyl sites for hydroxylation is 1. The second-order valence-electron chi connectivity index (χ2n) is 4.56. The van der Waals surface area contributed by atoms with Crippen LogP contribution in [-0.2, 0) is 0 Å². The van der Waals surface area contributed by atoms with Gasteiger partial charge in [-0.25, -0.2) is 8.78 Å². The van der Waals surface area contributed by atoms with E-state index in [4.69, 9.17) is 4.74 Å². The van der Waals surface area contributed by atoms with Crippen molar-refractivity contribution in [2.75, 3.05) is 6.61 Å². The summed E-state index contributed by atoms with van der Waals surface area (Å²) in [4.78, 5) is 0. The number of benzene rings is 2. The molecule has 0 amide bonds. The lowest BCUT2D eigenvalue weighted by Gasteiger charge is -2.14. The SMILES string of the molecule is Cc1ccc(F)c(C(O)CCOc2ccccc2)c1F. The van der Waals surface area contributed by atoms with E-state index in [1.54, 1.807) is 12.1 Å². The Labute approximate surface area is 116 Å². The number of halogens is 2. The summed E-state index contributed by atoms with van der Waals surface area (Å²) >= 11 is 0. The van der Waals surface area contributed by atoms with Gasteiger partial charge in [0.05, 0.1) is 18.3 Å². The van der Waals surface area contributed by atoms with Crippen LogP contribution in [0.4, 0.5) is 8.78 Å². The smallest absolute Gasteiger partial charge is 0.134 e. The van der Waals surface area contributed by atoms with Crippen LogP contribution in [0.2, 0.25) is 0 Å². The molecule has 0 aliphatic heterocycles. The maximum absolute atomic E-state index is 13.8. The van der Waals surface area contributed by atoms with Gasteiger partial charge in [0, 0.05) is 6.42 Å². The fourth-order valence-electron chi connectivity index (χ4n) is 1.93. The van der Waals surface area contributed by atoms with E-state index in [1.165, 1.54) is 13.0 Å². The molecule has 0 bridgehead atoms. The van der Waals surface area contributed by atoms with Crippen molar-refractivity contribution in [1.82, 2.24) is 0 Å². The third-order valence-electron chi connectivity index (χ3n) is 3.06. The molecular weight excluding hydrogens is 262 g/mol. The Morgan fingerprint density at radius 3 is 2.50 bits per heavy atom. The van der Waals surface area contributed by atoms with Gasteiger partial charge in [0.1, 0.15) is 17.4 Å². The maximum Gasteiger partial charge on any atom is 0.134 e. The first-order valence-corrected chi connectivity index (χ1v) is 6.40. The van der Waals surface area contributed by atoms with Crippen molar-refractivity contribution in [3.63, 3.8) is 0 Å². The third kappa shape index (κ3) is 3.33. The normalized spacial score (nSPS) is 12.2. The van der Waals surface area contributed by atoms with Crippen LogP contribution in [0.5, 0.6) is 5.75 Å². The van der Waals surface area contributed by atoms with Gasteiger partial charge in [-0.1, -0.05) is 24.3 Å². The highest BCUT2D eigenvalue weighted by molar-refractivity contribution is 5.28. The van der Waals surface area contributed by atoms with E-state index in [0.29, 0.717) is 11.3 Å². The molecule has 2 rings (SSSR count). The molecule has 1 atom stereocenters. The van der Waals surface area contributed by atoms with Gasteiger partial charge >= 0.3 is 0 Å². The minimum absolute atomic E-state index is 0.117. The van der Waals surface area contributed by atoms with Crippen molar-refractivity contribution in [3.8, 4) is 5.75 Å². The Balaban J connectivity index is 1.99. The molecule has 0 aliphatic carbocycles. The molecule has 0 spiro atoms. The van der Waals surface area contributed by atoms with E-state index in [0.717, 1.165) is 6.07 Å². The molecule has 2 nitrogen and oxygen atoms in total. The van der Waals surface area contributed by atoms with Gasteiger partial charge in [-0.2, -0.15) is 0 Å². The molecule has 0 saturated carbocycles. The molecule has 0 fully saturated rings. The summed E-state index contributed by atoms with van der Waals surface area (Å²) < 4.78 is 32.8. The van der Waals surface area contributed by atoms with Crippen LogP contribution in [-0.4, -0.2) is 11.7 Å². The zero-order valence-electron chi connectivity index (χ0n) is 11.1. The number of rotatable bonds is 5. The molecule has 0 aliphatic rings. The molecule has 0 radical (unpaired) electrons. The van der Waals surface area contributed by atoms with Gasteiger partial charge in [0.2, 0.25) is 0 Å². The average Bonchev–Trinajstić information content (AvgIpc) is 2.44. The van der Waals surface area contributed by atoms with E-state index in [9.17, 15) is 13.9 Å². The summed E-state index contributed by atoms with van der Waals surface area (Å²) in [5, 5.41) is 9.92. The zero-order chi connectivity index (χ0) is 14.5. The molecule has 2 aromatic rings. The molecule has 0 saturated heterocycles. The molecule has 1 N–H and O–H groups in total. The molecule has 0 heterocycles. The van der Waals surface area contributed by atoms with E-state index in [-0.39, 0.29) is 18.6 Å². The summed E-state index contributed by atoms with van der Waals surface area (Å²) in [6.45, 7) is 1.71. The summed E-state index contributed by atoms with van der Waals surface area (Å²) in [5.74, 6) is -0.776. The summed E-state index contributed by atoms with van der Waals surface area (Å²) in [7, 11) is 0. The Morgan fingerprint density at radius 2 is 1.80 bits per heavy atom. The highest BCUT2D eigenvalue weighted by atomic mass is 19.1. The number of ether oxygens (including phenoxy) is 1. The Kier molecular flexibility index (Phi) is 4.69. The minimum Gasteiger partial charge on any atom is -0.493 e. The van der Waals surface area contributed by atoms with Gasteiger partial charge in [-0.15, -0.1) is 0 Å². The highest BCUT2D eigenvalue weighted by Gasteiger charge is 2.19. The van der Waals surface area contributed by atoms with Gasteiger partial charge in [0.25, 0.3) is 0 Å². The number of aliphatic hydroxyl groups is 1. The Bertz CT molecular complexity index is 570. The highest BCUT2D eigenvalue weighted by Crippen LogP contribution is 2.25. The molecule has 0 aromatic heterocycles. The van der Waals surface area contributed by atoms with E-state index in [2.05, 4.69) is 0 Å². The van der Waals surface area contributed by atoms with Gasteiger partial charge in [-0.05, 0) is 30.7 Å². The number of hydrogen-bond donors (Lipinski definition) is 1.